The normalized spacial score (nSPS) is 16.8. The SMILES string of the molecule is Cc1cc2c3c(c1)N(c1ccc(C(C)(C)CCC(C)(C)c4ccc(N5c6cc(C(C)(C)C)ccc6B6c7oc8c(c7N(c7ccc(C(C)(C)C)cc7)c7cc(C)cc5c76)C(C)(C)CCC8(C)C)c(-c5ccccc5)c4)cc1)c1c(oc4c1C(C)(C)CCC4(C)C)B3c1cc(C(C)(C)C)ccc1N2c1ccc(C(C)(C)C)cc1-c1ccccc1. The fraction of sp³-hybridized carbons (Fsp3) is 0.382. The molecule has 602 valence electrons. The number of benzene rings is 10. The van der Waals surface area contributed by atoms with Gasteiger partial charge < -0.3 is 28.4 Å². The Labute approximate surface area is 707 Å². The van der Waals surface area contributed by atoms with Gasteiger partial charge in [-0.05, 0) is 258 Å². The van der Waals surface area contributed by atoms with Gasteiger partial charge in [0.05, 0.1) is 34.1 Å². The third-order valence-electron chi connectivity index (χ3n) is 28.7. The van der Waals surface area contributed by atoms with Crippen molar-refractivity contribution in [2.45, 2.75) is 273 Å². The van der Waals surface area contributed by atoms with Gasteiger partial charge in [-0.2, -0.15) is 0 Å². The molecule has 6 heterocycles. The lowest BCUT2D eigenvalue weighted by Crippen LogP contribution is -2.61. The average Bonchev–Trinajstić information content (AvgIpc) is 1.44. The summed E-state index contributed by atoms with van der Waals surface area (Å²) in [7, 11) is 0. The largest absolute Gasteiger partial charge is 0.472 e. The highest BCUT2D eigenvalue weighted by molar-refractivity contribution is 7.00. The van der Waals surface area contributed by atoms with E-state index < -0.39 is 0 Å². The van der Waals surface area contributed by atoms with Crippen LogP contribution in [0.4, 0.5) is 68.2 Å². The molecule has 118 heavy (non-hydrogen) atoms. The van der Waals surface area contributed by atoms with Gasteiger partial charge >= 0.3 is 0 Å². The molecular weight excluding hydrogens is 1430 g/mol. The molecule has 0 fully saturated rings. The van der Waals surface area contributed by atoms with Crippen LogP contribution < -0.4 is 52.8 Å². The first-order valence-electron chi connectivity index (χ1n) is 44.1. The molecule has 18 rings (SSSR count). The minimum atomic E-state index is -0.214. The molecule has 2 aromatic heterocycles. The van der Waals surface area contributed by atoms with Crippen molar-refractivity contribution in [2.75, 3.05) is 19.6 Å². The lowest BCUT2D eigenvalue weighted by atomic mass is 9.35. The van der Waals surface area contributed by atoms with Crippen LogP contribution in [-0.4, -0.2) is 13.4 Å². The van der Waals surface area contributed by atoms with Crippen molar-refractivity contribution in [3.63, 3.8) is 0 Å². The Morgan fingerprint density at radius 1 is 0.305 bits per heavy atom. The van der Waals surface area contributed by atoms with Crippen LogP contribution in [-0.2, 0) is 54.1 Å². The van der Waals surface area contributed by atoms with Gasteiger partial charge in [0.2, 0.25) is 0 Å². The van der Waals surface area contributed by atoms with Crippen molar-refractivity contribution < 1.29 is 8.83 Å². The van der Waals surface area contributed by atoms with E-state index in [1.54, 1.807) is 0 Å². The van der Waals surface area contributed by atoms with Crippen LogP contribution in [0.15, 0.2) is 215 Å². The van der Waals surface area contributed by atoms with E-state index in [0.717, 1.165) is 72.7 Å². The molecule has 6 nitrogen and oxygen atoms in total. The maximum absolute atomic E-state index is 7.88. The third kappa shape index (κ3) is 12.8. The Morgan fingerprint density at radius 2 is 0.644 bits per heavy atom. The Balaban J connectivity index is 0.742. The molecule has 4 aliphatic heterocycles. The average molecular weight is 1560 g/mol. The van der Waals surface area contributed by atoms with Crippen LogP contribution in [0.25, 0.3) is 22.3 Å². The van der Waals surface area contributed by atoms with Crippen LogP contribution >= 0.6 is 0 Å². The maximum atomic E-state index is 7.88. The van der Waals surface area contributed by atoms with E-state index in [1.165, 1.54) is 157 Å². The van der Waals surface area contributed by atoms with Crippen LogP contribution in [0.5, 0.6) is 0 Å². The number of aryl methyl sites for hydroxylation is 2. The first-order valence-corrected chi connectivity index (χ1v) is 44.1. The van der Waals surface area contributed by atoms with Crippen molar-refractivity contribution in [1.82, 2.24) is 0 Å². The predicted octanol–water partition coefficient (Wildman–Crippen LogP) is 26.9. The summed E-state index contributed by atoms with van der Waals surface area (Å²) in [5.74, 6) is 2.27. The smallest absolute Gasteiger partial charge is 0.297 e. The zero-order chi connectivity index (χ0) is 83.8. The van der Waals surface area contributed by atoms with Crippen molar-refractivity contribution in [3.05, 3.63) is 273 Å². The molecule has 0 bridgehead atoms. The van der Waals surface area contributed by atoms with Gasteiger partial charge in [0.1, 0.15) is 11.5 Å². The molecule has 0 unspecified atom stereocenters. The summed E-state index contributed by atoms with van der Waals surface area (Å²) in [6.07, 6.45) is 6.21. The van der Waals surface area contributed by atoms with Gasteiger partial charge in [0.15, 0.2) is 0 Å². The number of nitrogens with zero attached hydrogens (tertiary/aromatic N) is 4. The molecule has 8 heteroatoms. The molecule has 10 aromatic carbocycles. The van der Waals surface area contributed by atoms with Gasteiger partial charge in [-0.25, -0.2) is 0 Å². The van der Waals surface area contributed by atoms with E-state index in [2.05, 4.69) is 406 Å². The second kappa shape index (κ2) is 26.8. The monoisotopic (exact) mass is 1550 g/mol. The third-order valence-corrected chi connectivity index (χ3v) is 28.7. The summed E-state index contributed by atoms with van der Waals surface area (Å²) in [6, 6.07) is 81.0. The van der Waals surface area contributed by atoms with E-state index in [9.17, 15) is 0 Å². The molecule has 2 aliphatic carbocycles. The molecule has 12 aromatic rings. The van der Waals surface area contributed by atoms with Gasteiger partial charge in [0.25, 0.3) is 13.4 Å². The Hall–Kier alpha value is -9.91. The highest BCUT2D eigenvalue weighted by Crippen LogP contribution is 2.59. The van der Waals surface area contributed by atoms with Crippen molar-refractivity contribution in [2.24, 2.45) is 0 Å². The molecule has 0 radical (unpaired) electrons. The number of furan rings is 2. The van der Waals surface area contributed by atoms with Gasteiger partial charge in [-0.3, -0.25) is 0 Å². The lowest BCUT2D eigenvalue weighted by molar-refractivity contribution is 0.282. The molecule has 0 N–H and O–H groups in total. The van der Waals surface area contributed by atoms with Crippen LogP contribution in [0, 0.1) is 13.8 Å². The highest BCUT2D eigenvalue weighted by atomic mass is 16.3. The zero-order valence-corrected chi connectivity index (χ0v) is 75.6. The van der Waals surface area contributed by atoms with E-state index in [4.69, 9.17) is 8.83 Å². The zero-order valence-electron chi connectivity index (χ0n) is 75.6. The summed E-state index contributed by atoms with van der Waals surface area (Å²) in [6.45, 7) is 61.8. The Morgan fingerprint density at radius 3 is 1.08 bits per heavy atom. The highest BCUT2D eigenvalue weighted by Gasteiger charge is 2.56. The molecular formula is C110H124B2N4O2. The fourth-order valence-corrected chi connectivity index (χ4v) is 21.0. The number of rotatable bonds is 11. The topological polar surface area (TPSA) is 39.2 Å². The molecule has 6 aliphatic rings. The predicted molar refractivity (Wildman–Crippen MR) is 506 cm³/mol. The second-order valence-electron chi connectivity index (χ2n) is 44.3. The summed E-state index contributed by atoms with van der Waals surface area (Å²) in [5.41, 5.74) is 38.3. The van der Waals surface area contributed by atoms with E-state index in [0.29, 0.717) is 0 Å². The number of hydrogen-bond donors (Lipinski definition) is 0. The van der Waals surface area contributed by atoms with Crippen molar-refractivity contribution in [1.29, 1.82) is 0 Å². The Kier molecular flexibility index (Phi) is 18.0. The molecule has 0 saturated heterocycles. The minimum Gasteiger partial charge on any atom is -0.472 e. The standard InChI is InChI=1S/C110H124B2N4O2/c1-67-60-88-94-89(61-67)115(83-50-42-73(102(6,7)8)63-79(83)69-33-29-27-30-34-69)85-52-43-74(103(9,10)11)65-82(85)112(94)100-96(92-98(118-100)110(25,26)58-56-108(92,21)22)114(88)78-47-39-72(40-48-78)105(15,16)53-54-106(17,18)76-44-51-84(80(64-76)70-35-31-28-32-36-70)116-86-66-75(104(12,13)14)41-49-81(86)111-93-87(59-68(2)62-90(93)116)113(77-45-37-71(38-46-77)101(3,4)5)95-91-97(117-99(95)111)109(23,24)57-55-107(91,19)20/h27-52,59-66H,53-58H2,1-26H3. The van der Waals surface area contributed by atoms with Gasteiger partial charge in [0, 0.05) is 78.6 Å². The van der Waals surface area contributed by atoms with E-state index in [1.807, 2.05) is 0 Å². The van der Waals surface area contributed by atoms with Crippen LogP contribution in [0.2, 0.25) is 0 Å². The second-order valence-corrected chi connectivity index (χ2v) is 44.3. The summed E-state index contributed by atoms with van der Waals surface area (Å²) >= 11 is 0. The molecule has 0 spiro atoms. The molecule has 0 saturated carbocycles. The van der Waals surface area contributed by atoms with Crippen molar-refractivity contribution >= 4 is 115 Å². The Bertz CT molecular complexity index is 6030. The minimum absolute atomic E-state index is 0.00251. The summed E-state index contributed by atoms with van der Waals surface area (Å²) in [5, 5.41) is 0. The van der Waals surface area contributed by atoms with E-state index >= 15 is 0 Å². The van der Waals surface area contributed by atoms with E-state index in [-0.39, 0.29) is 67.6 Å². The molecule has 0 amide bonds. The number of fused-ring (bicyclic) bond motifs is 12. The maximum Gasteiger partial charge on any atom is 0.297 e. The van der Waals surface area contributed by atoms with Gasteiger partial charge in [-0.15, -0.1) is 0 Å². The first kappa shape index (κ1) is 79.2. The van der Waals surface area contributed by atoms with Crippen molar-refractivity contribution in [3.8, 4) is 22.3 Å². The summed E-state index contributed by atoms with van der Waals surface area (Å²) in [4.78, 5) is 10.5. The lowest BCUT2D eigenvalue weighted by Gasteiger charge is -2.45. The van der Waals surface area contributed by atoms with Crippen LogP contribution in [0.1, 0.15) is 272 Å². The van der Waals surface area contributed by atoms with Gasteiger partial charge in [-0.1, -0.05) is 287 Å². The quantitative estimate of drug-likeness (QED) is 0.120. The number of hydrogen-bond acceptors (Lipinski definition) is 6. The summed E-state index contributed by atoms with van der Waals surface area (Å²) < 4.78 is 15.7. The number of anilines is 12. The van der Waals surface area contributed by atoms with Crippen LogP contribution in [0.3, 0.4) is 0 Å². The first-order chi connectivity index (χ1) is 55.3. The molecule has 0 atom stereocenters. The fourth-order valence-electron chi connectivity index (χ4n) is 21.0.